The summed E-state index contributed by atoms with van der Waals surface area (Å²) in [5.41, 5.74) is 2.59. The van der Waals surface area contributed by atoms with Crippen molar-refractivity contribution in [3.63, 3.8) is 0 Å². The smallest absolute Gasteiger partial charge is 0.253 e. The van der Waals surface area contributed by atoms with Crippen molar-refractivity contribution in [1.29, 1.82) is 0 Å². The summed E-state index contributed by atoms with van der Waals surface area (Å²) in [6, 6.07) is 8.16. The van der Waals surface area contributed by atoms with Crippen molar-refractivity contribution in [2.75, 3.05) is 26.3 Å². The highest BCUT2D eigenvalue weighted by Gasteiger charge is 2.33. The Labute approximate surface area is 175 Å². The second kappa shape index (κ2) is 8.28. The predicted molar refractivity (Wildman–Crippen MR) is 113 cm³/mol. The molecule has 2 aromatic heterocycles. The van der Waals surface area contributed by atoms with Crippen LogP contribution in [0.5, 0.6) is 0 Å². The number of nitrogens with one attached hydrogen (secondary N) is 1. The minimum absolute atomic E-state index is 0.0808. The lowest BCUT2D eigenvalue weighted by atomic mass is 9.95. The molecule has 1 atom stereocenters. The zero-order chi connectivity index (χ0) is 20.5. The fraction of sp³-hybridized carbons (Fsp3) is 0.545. The Morgan fingerprint density at radius 2 is 1.93 bits per heavy atom. The number of morpholine rings is 1. The Hall–Kier alpha value is -2.58. The molecule has 1 saturated carbocycles. The predicted octanol–water partition coefficient (Wildman–Crippen LogP) is 2.75. The maximum atomic E-state index is 13.2. The van der Waals surface area contributed by atoms with Crippen LogP contribution in [-0.4, -0.2) is 56.4 Å². The molecule has 1 saturated heterocycles. The number of aromatic amines is 1. The van der Waals surface area contributed by atoms with Crippen molar-refractivity contribution in [2.24, 2.45) is 0 Å². The lowest BCUT2D eigenvalue weighted by molar-refractivity contribution is 0.0209. The van der Waals surface area contributed by atoms with Crippen molar-refractivity contribution in [3.8, 4) is 0 Å². The Bertz CT molecular complexity index is 1080. The number of benzene rings is 1. The van der Waals surface area contributed by atoms with Crippen LogP contribution in [-0.2, 0) is 4.74 Å². The number of ether oxygens (including phenoxy) is 1. The Morgan fingerprint density at radius 1 is 1.13 bits per heavy atom. The van der Waals surface area contributed by atoms with Gasteiger partial charge in [0.1, 0.15) is 6.04 Å². The second-order valence-corrected chi connectivity index (χ2v) is 8.47. The van der Waals surface area contributed by atoms with E-state index in [2.05, 4.69) is 37.5 Å². The normalized spacial score (nSPS) is 19.9. The van der Waals surface area contributed by atoms with E-state index in [1.807, 2.05) is 23.7 Å². The van der Waals surface area contributed by atoms with Crippen molar-refractivity contribution < 1.29 is 4.74 Å². The van der Waals surface area contributed by atoms with Crippen LogP contribution in [0.3, 0.4) is 0 Å². The lowest BCUT2D eigenvalue weighted by Gasteiger charge is -2.34. The van der Waals surface area contributed by atoms with Gasteiger partial charge in [-0.15, -0.1) is 5.10 Å². The first kappa shape index (κ1) is 19.4. The number of rotatable bonds is 4. The van der Waals surface area contributed by atoms with Crippen LogP contribution in [0.25, 0.3) is 10.9 Å². The van der Waals surface area contributed by atoms with Crippen LogP contribution in [0, 0.1) is 6.92 Å². The third-order valence-corrected chi connectivity index (χ3v) is 6.42. The summed E-state index contributed by atoms with van der Waals surface area (Å²) < 4.78 is 7.56. The van der Waals surface area contributed by atoms with E-state index in [0.717, 1.165) is 48.2 Å². The van der Waals surface area contributed by atoms with Gasteiger partial charge in [-0.3, -0.25) is 9.69 Å². The highest BCUT2D eigenvalue weighted by atomic mass is 16.5. The molecule has 0 bridgehead atoms. The number of H-pyrrole nitrogens is 1. The molecule has 3 heterocycles. The van der Waals surface area contributed by atoms with Crippen molar-refractivity contribution in [2.45, 2.75) is 51.1 Å². The molecule has 0 radical (unpaired) electrons. The Kier molecular flexibility index (Phi) is 5.35. The van der Waals surface area contributed by atoms with Crippen LogP contribution < -0.4 is 5.56 Å². The Morgan fingerprint density at radius 3 is 2.73 bits per heavy atom. The van der Waals surface area contributed by atoms with Crippen molar-refractivity contribution >= 4 is 10.9 Å². The summed E-state index contributed by atoms with van der Waals surface area (Å²) >= 11 is 0. The van der Waals surface area contributed by atoms with E-state index in [9.17, 15) is 4.79 Å². The molecule has 0 spiro atoms. The summed E-state index contributed by atoms with van der Waals surface area (Å²) in [6.07, 6.45) is 5.83. The summed E-state index contributed by atoms with van der Waals surface area (Å²) in [5.74, 6) is 0.765. The van der Waals surface area contributed by atoms with E-state index in [1.165, 1.54) is 19.3 Å². The van der Waals surface area contributed by atoms with Gasteiger partial charge in [-0.1, -0.05) is 31.4 Å². The topological polar surface area (TPSA) is 88.9 Å². The molecule has 1 N–H and O–H groups in total. The monoisotopic (exact) mass is 408 g/mol. The van der Waals surface area contributed by atoms with Gasteiger partial charge in [-0.2, -0.15) is 0 Å². The van der Waals surface area contributed by atoms with E-state index in [0.29, 0.717) is 24.8 Å². The number of hydrogen-bond acceptors (Lipinski definition) is 6. The third kappa shape index (κ3) is 3.65. The minimum Gasteiger partial charge on any atom is -0.379 e. The van der Waals surface area contributed by atoms with Crippen LogP contribution in [0.4, 0.5) is 0 Å². The van der Waals surface area contributed by atoms with E-state index < -0.39 is 0 Å². The fourth-order valence-corrected chi connectivity index (χ4v) is 4.84. The number of aromatic nitrogens is 5. The molecule has 8 nitrogen and oxygen atoms in total. The second-order valence-electron chi connectivity index (χ2n) is 8.47. The van der Waals surface area contributed by atoms with E-state index >= 15 is 0 Å². The molecule has 2 fully saturated rings. The first-order chi connectivity index (χ1) is 14.7. The van der Waals surface area contributed by atoms with Crippen LogP contribution in [0.2, 0.25) is 0 Å². The average Bonchev–Trinajstić information content (AvgIpc) is 3.25. The molecule has 5 rings (SSSR count). The number of hydrogen-bond donors (Lipinski definition) is 1. The third-order valence-electron chi connectivity index (χ3n) is 6.42. The summed E-state index contributed by atoms with van der Waals surface area (Å²) in [7, 11) is 0. The molecule has 2 aliphatic rings. The number of nitrogens with zero attached hydrogens (tertiary/aromatic N) is 5. The molecule has 8 heteroatoms. The molecular weight excluding hydrogens is 380 g/mol. The van der Waals surface area contributed by atoms with Crippen LogP contribution >= 0.6 is 0 Å². The van der Waals surface area contributed by atoms with Crippen LogP contribution in [0.1, 0.15) is 61.1 Å². The molecule has 3 aromatic rings. The minimum atomic E-state index is -0.291. The zero-order valence-electron chi connectivity index (χ0n) is 17.4. The molecule has 30 heavy (non-hydrogen) atoms. The summed E-state index contributed by atoms with van der Waals surface area (Å²) in [6.45, 7) is 4.81. The standard InChI is InChI=1S/C22H28N6O2/c1-15-7-8-16-14-18(22(29)23-19(16)13-15)20(27-9-11-30-12-10-27)21-24-25-26-28(21)17-5-3-2-4-6-17/h7-8,13-14,17,20H,2-6,9-12H2,1H3,(H,23,29). The van der Waals surface area contributed by atoms with Crippen molar-refractivity contribution in [1.82, 2.24) is 30.1 Å². The van der Waals surface area contributed by atoms with Gasteiger partial charge in [-0.05, 0) is 53.3 Å². The number of tetrazole rings is 1. The van der Waals surface area contributed by atoms with Gasteiger partial charge in [-0.25, -0.2) is 4.68 Å². The summed E-state index contributed by atoms with van der Waals surface area (Å²) in [5, 5.41) is 13.9. The van der Waals surface area contributed by atoms with E-state index in [1.54, 1.807) is 0 Å². The molecule has 1 aromatic carbocycles. The van der Waals surface area contributed by atoms with Crippen molar-refractivity contribution in [3.05, 3.63) is 51.6 Å². The van der Waals surface area contributed by atoms with E-state index in [4.69, 9.17) is 4.74 Å². The SMILES string of the molecule is Cc1ccc2cc(C(c3nnnn3C3CCCCC3)N3CCOCC3)c(=O)[nH]c2c1. The maximum Gasteiger partial charge on any atom is 0.253 e. The molecule has 1 aliphatic carbocycles. The largest absolute Gasteiger partial charge is 0.379 e. The highest BCUT2D eigenvalue weighted by Crippen LogP contribution is 2.33. The fourth-order valence-electron chi connectivity index (χ4n) is 4.84. The number of fused-ring (bicyclic) bond motifs is 1. The first-order valence-electron chi connectivity index (χ1n) is 10.9. The summed E-state index contributed by atoms with van der Waals surface area (Å²) in [4.78, 5) is 18.6. The van der Waals surface area contributed by atoms with Gasteiger partial charge in [0, 0.05) is 24.2 Å². The average molecular weight is 409 g/mol. The number of pyridine rings is 1. The zero-order valence-corrected chi connectivity index (χ0v) is 17.4. The van der Waals surface area contributed by atoms with Gasteiger partial charge in [0.2, 0.25) is 0 Å². The number of aryl methyl sites for hydroxylation is 1. The highest BCUT2D eigenvalue weighted by molar-refractivity contribution is 5.79. The van der Waals surface area contributed by atoms with E-state index in [-0.39, 0.29) is 11.6 Å². The molecule has 158 valence electrons. The Balaban J connectivity index is 1.63. The van der Waals surface area contributed by atoms with Crippen LogP contribution in [0.15, 0.2) is 29.1 Å². The van der Waals surface area contributed by atoms with Gasteiger partial charge in [0.15, 0.2) is 5.82 Å². The molecule has 1 aliphatic heterocycles. The maximum absolute atomic E-state index is 13.2. The van der Waals surface area contributed by atoms with Gasteiger partial charge in [0.05, 0.1) is 19.3 Å². The first-order valence-corrected chi connectivity index (χ1v) is 10.9. The lowest BCUT2D eigenvalue weighted by Crippen LogP contribution is -2.42. The molecule has 1 unspecified atom stereocenters. The molecular formula is C22H28N6O2. The van der Waals surface area contributed by atoms with Gasteiger partial charge >= 0.3 is 0 Å². The quantitative estimate of drug-likeness (QED) is 0.714. The van der Waals surface area contributed by atoms with Gasteiger partial charge < -0.3 is 9.72 Å². The van der Waals surface area contributed by atoms with Gasteiger partial charge in [0.25, 0.3) is 5.56 Å². The molecule has 0 amide bonds.